The van der Waals surface area contributed by atoms with Gasteiger partial charge in [-0.15, -0.1) is 0 Å². The smallest absolute Gasteiger partial charge is 0.257 e. The third kappa shape index (κ3) is 3.16. The lowest BCUT2D eigenvalue weighted by atomic mass is 10.1. The van der Waals surface area contributed by atoms with Crippen molar-refractivity contribution in [1.82, 2.24) is 14.7 Å². The van der Waals surface area contributed by atoms with Crippen LogP contribution in [-0.4, -0.2) is 39.7 Å². The standard InChI is InChI=1S/C15H17BrN4O/c16-12-1-3-14(4-2-12)20-10-11(9-18-20)15(21)19-7-5-13(17)6-8-19/h1-4,9-10,13H,5-8,17H2. The molecule has 0 radical (unpaired) electrons. The molecule has 2 N–H and O–H groups in total. The molecule has 1 aliphatic heterocycles. The number of halogens is 1. The fourth-order valence-electron chi connectivity index (χ4n) is 2.45. The third-order valence-corrected chi connectivity index (χ3v) is 4.28. The summed E-state index contributed by atoms with van der Waals surface area (Å²) < 4.78 is 2.73. The summed E-state index contributed by atoms with van der Waals surface area (Å²) in [5.74, 6) is 0.0326. The third-order valence-electron chi connectivity index (χ3n) is 3.75. The highest BCUT2D eigenvalue weighted by molar-refractivity contribution is 9.10. The number of aromatic nitrogens is 2. The quantitative estimate of drug-likeness (QED) is 0.904. The average Bonchev–Trinajstić information content (AvgIpc) is 2.98. The number of piperidine rings is 1. The molecular formula is C15H17BrN4O. The minimum absolute atomic E-state index is 0.0326. The SMILES string of the molecule is NC1CCN(C(=O)c2cnn(-c3ccc(Br)cc3)c2)CC1. The van der Waals surface area contributed by atoms with E-state index >= 15 is 0 Å². The average molecular weight is 349 g/mol. The van der Waals surface area contributed by atoms with Crippen LogP contribution in [0, 0.1) is 0 Å². The maximum atomic E-state index is 12.4. The van der Waals surface area contributed by atoms with Crippen LogP contribution >= 0.6 is 15.9 Å². The number of nitrogens with two attached hydrogens (primary N) is 1. The number of carbonyl (C=O) groups is 1. The molecule has 0 atom stereocenters. The van der Waals surface area contributed by atoms with Crippen LogP contribution in [0.15, 0.2) is 41.1 Å². The summed E-state index contributed by atoms with van der Waals surface area (Å²) in [6, 6.07) is 8.02. The molecule has 1 saturated heterocycles. The van der Waals surface area contributed by atoms with E-state index in [1.807, 2.05) is 29.2 Å². The highest BCUT2D eigenvalue weighted by Crippen LogP contribution is 2.16. The van der Waals surface area contributed by atoms with Crippen molar-refractivity contribution in [1.29, 1.82) is 0 Å². The Morgan fingerprint density at radius 3 is 2.57 bits per heavy atom. The molecule has 1 aromatic heterocycles. The number of likely N-dealkylation sites (tertiary alicyclic amines) is 1. The van der Waals surface area contributed by atoms with Gasteiger partial charge in [-0.3, -0.25) is 4.79 Å². The molecule has 0 unspecified atom stereocenters. The first-order valence-corrected chi connectivity index (χ1v) is 7.78. The number of hydrogen-bond acceptors (Lipinski definition) is 3. The number of amides is 1. The fourth-order valence-corrected chi connectivity index (χ4v) is 2.72. The number of nitrogens with zero attached hydrogens (tertiary/aromatic N) is 3. The van der Waals surface area contributed by atoms with Crippen LogP contribution in [0.25, 0.3) is 5.69 Å². The van der Waals surface area contributed by atoms with E-state index in [0.717, 1.165) is 36.1 Å². The first-order valence-electron chi connectivity index (χ1n) is 6.99. The second-order valence-corrected chi connectivity index (χ2v) is 6.20. The Morgan fingerprint density at radius 2 is 1.90 bits per heavy atom. The Morgan fingerprint density at radius 1 is 1.24 bits per heavy atom. The Hall–Kier alpha value is -1.66. The molecule has 0 aliphatic carbocycles. The Balaban J connectivity index is 1.75. The number of carbonyl (C=O) groups excluding carboxylic acids is 1. The summed E-state index contributed by atoms with van der Waals surface area (Å²) in [4.78, 5) is 14.3. The summed E-state index contributed by atoms with van der Waals surface area (Å²) in [5.41, 5.74) is 7.42. The molecular weight excluding hydrogens is 332 g/mol. The Labute approximate surface area is 131 Å². The second kappa shape index (κ2) is 5.99. The summed E-state index contributed by atoms with van der Waals surface area (Å²) in [7, 11) is 0. The van der Waals surface area contributed by atoms with Crippen molar-refractivity contribution in [3.05, 3.63) is 46.7 Å². The van der Waals surface area contributed by atoms with Crippen molar-refractivity contribution in [2.75, 3.05) is 13.1 Å². The van der Waals surface area contributed by atoms with Crippen molar-refractivity contribution >= 4 is 21.8 Å². The largest absolute Gasteiger partial charge is 0.338 e. The predicted octanol–water partition coefficient (Wildman–Crippen LogP) is 2.20. The van der Waals surface area contributed by atoms with Crippen LogP contribution in [0.5, 0.6) is 0 Å². The molecule has 5 nitrogen and oxygen atoms in total. The predicted molar refractivity (Wildman–Crippen MR) is 84.4 cm³/mol. The van der Waals surface area contributed by atoms with Gasteiger partial charge in [-0.2, -0.15) is 5.10 Å². The zero-order valence-corrected chi connectivity index (χ0v) is 13.2. The number of hydrogen-bond donors (Lipinski definition) is 1. The van der Waals surface area contributed by atoms with Crippen LogP contribution < -0.4 is 5.73 Å². The fraction of sp³-hybridized carbons (Fsp3) is 0.333. The molecule has 6 heteroatoms. The normalized spacial score (nSPS) is 16.2. The zero-order chi connectivity index (χ0) is 14.8. The van der Waals surface area contributed by atoms with E-state index in [9.17, 15) is 4.79 Å². The van der Waals surface area contributed by atoms with Crippen molar-refractivity contribution in [2.24, 2.45) is 5.73 Å². The van der Waals surface area contributed by atoms with Crippen molar-refractivity contribution < 1.29 is 4.79 Å². The molecule has 1 fully saturated rings. The first kappa shape index (κ1) is 14.3. The van der Waals surface area contributed by atoms with E-state index in [0.29, 0.717) is 5.56 Å². The summed E-state index contributed by atoms with van der Waals surface area (Å²) >= 11 is 3.40. The lowest BCUT2D eigenvalue weighted by Gasteiger charge is -2.29. The van der Waals surface area contributed by atoms with Crippen LogP contribution in [0.4, 0.5) is 0 Å². The van der Waals surface area contributed by atoms with E-state index in [4.69, 9.17) is 5.73 Å². The molecule has 2 aromatic rings. The van der Waals surface area contributed by atoms with Gasteiger partial charge in [0.25, 0.3) is 5.91 Å². The highest BCUT2D eigenvalue weighted by atomic mass is 79.9. The van der Waals surface area contributed by atoms with Gasteiger partial charge in [0.15, 0.2) is 0 Å². The van der Waals surface area contributed by atoms with Gasteiger partial charge < -0.3 is 10.6 Å². The van der Waals surface area contributed by atoms with Gasteiger partial charge in [0.1, 0.15) is 0 Å². The van der Waals surface area contributed by atoms with Gasteiger partial charge in [-0.25, -0.2) is 4.68 Å². The molecule has 3 rings (SSSR count). The van der Waals surface area contributed by atoms with Crippen molar-refractivity contribution in [3.8, 4) is 5.69 Å². The van der Waals surface area contributed by atoms with E-state index < -0.39 is 0 Å². The molecule has 110 valence electrons. The summed E-state index contributed by atoms with van der Waals surface area (Å²) in [6.07, 6.45) is 5.14. The first-order chi connectivity index (χ1) is 10.1. The topological polar surface area (TPSA) is 64.2 Å². The summed E-state index contributed by atoms with van der Waals surface area (Å²) in [6.45, 7) is 1.45. The Kier molecular flexibility index (Phi) is 4.07. The molecule has 1 aromatic carbocycles. The molecule has 0 spiro atoms. The Bertz CT molecular complexity index is 629. The van der Waals surface area contributed by atoms with Gasteiger partial charge in [0.05, 0.1) is 17.4 Å². The minimum atomic E-state index is 0.0326. The summed E-state index contributed by atoms with van der Waals surface area (Å²) in [5, 5.41) is 4.28. The van der Waals surface area contributed by atoms with E-state index in [1.165, 1.54) is 0 Å². The van der Waals surface area contributed by atoms with E-state index in [2.05, 4.69) is 21.0 Å². The van der Waals surface area contributed by atoms with E-state index in [1.54, 1.807) is 17.1 Å². The van der Waals surface area contributed by atoms with E-state index in [-0.39, 0.29) is 11.9 Å². The van der Waals surface area contributed by atoms with Gasteiger partial charge in [0.2, 0.25) is 0 Å². The monoisotopic (exact) mass is 348 g/mol. The van der Waals surface area contributed by atoms with Crippen LogP contribution in [0.3, 0.4) is 0 Å². The van der Waals surface area contributed by atoms with Gasteiger partial charge in [-0.05, 0) is 37.1 Å². The number of benzene rings is 1. The van der Waals surface area contributed by atoms with Gasteiger partial charge in [0, 0.05) is 29.8 Å². The van der Waals surface area contributed by atoms with Crippen LogP contribution in [0.2, 0.25) is 0 Å². The lowest BCUT2D eigenvalue weighted by molar-refractivity contribution is 0.0715. The maximum absolute atomic E-state index is 12.4. The minimum Gasteiger partial charge on any atom is -0.338 e. The van der Waals surface area contributed by atoms with Crippen molar-refractivity contribution in [2.45, 2.75) is 18.9 Å². The molecule has 1 aliphatic rings. The van der Waals surface area contributed by atoms with Gasteiger partial charge >= 0.3 is 0 Å². The van der Waals surface area contributed by atoms with Crippen LogP contribution in [0.1, 0.15) is 23.2 Å². The van der Waals surface area contributed by atoms with Crippen LogP contribution in [-0.2, 0) is 0 Å². The lowest BCUT2D eigenvalue weighted by Crippen LogP contribution is -2.42. The molecule has 1 amide bonds. The molecule has 21 heavy (non-hydrogen) atoms. The zero-order valence-electron chi connectivity index (χ0n) is 11.6. The van der Waals surface area contributed by atoms with Crippen molar-refractivity contribution in [3.63, 3.8) is 0 Å². The maximum Gasteiger partial charge on any atom is 0.257 e. The van der Waals surface area contributed by atoms with Gasteiger partial charge in [-0.1, -0.05) is 15.9 Å². The highest BCUT2D eigenvalue weighted by Gasteiger charge is 2.22. The molecule has 0 bridgehead atoms. The molecule has 2 heterocycles. The molecule has 0 saturated carbocycles. The second-order valence-electron chi connectivity index (χ2n) is 5.28. The number of rotatable bonds is 2.